The number of aromatic carboxylic acids is 1. The molecule has 27 heteroatoms. The molecule has 3 amide bonds. The minimum absolute atomic E-state index is 0. The second-order valence-electron chi connectivity index (χ2n) is 34.1. The van der Waals surface area contributed by atoms with Crippen molar-refractivity contribution in [1.29, 1.82) is 1.34 Å². The molecule has 8 aliphatic rings. The number of rotatable bonds is 29. The zero-order chi connectivity index (χ0) is 82.8. The van der Waals surface area contributed by atoms with Gasteiger partial charge in [0.15, 0.2) is 0 Å². The van der Waals surface area contributed by atoms with Crippen molar-refractivity contribution < 1.29 is 95.0 Å². The third-order valence-corrected chi connectivity index (χ3v) is 26.8. The molecule has 0 spiro atoms. The molecule has 2 aromatic heterocycles. The number of anilines is 2. The first-order chi connectivity index (χ1) is 53.6. The van der Waals surface area contributed by atoms with E-state index in [1.807, 2.05) is 133 Å². The summed E-state index contributed by atoms with van der Waals surface area (Å²) in [5, 5.41) is 69.4. The Morgan fingerprint density at radius 1 is 0.619 bits per heavy atom. The third-order valence-electron chi connectivity index (χ3n) is 25.0. The molecular weight excluding hydrogens is 1690 g/mol. The number of nitrogens with two attached hydrogens (primary N) is 1. The molecular formula is C86H125BN10O13S2U. The number of carboxylic acids is 1. The largest absolute Gasteiger partial charge is 0.496 e. The molecule has 4 aromatic carbocycles. The summed E-state index contributed by atoms with van der Waals surface area (Å²) in [6, 6.07) is 29.3. The summed E-state index contributed by atoms with van der Waals surface area (Å²) in [6.07, 6.45) is 2.67. The monoisotopic (exact) mass is 1820 g/mol. The van der Waals surface area contributed by atoms with Gasteiger partial charge in [-0.25, -0.2) is 4.79 Å². The number of nitrogens with zero attached hydrogens (tertiary/aromatic N) is 6. The van der Waals surface area contributed by atoms with Gasteiger partial charge in [0.05, 0.1) is 58.3 Å². The van der Waals surface area contributed by atoms with Crippen molar-refractivity contribution in [3.63, 3.8) is 0 Å². The Kier molecular flexibility index (Phi) is 32.2. The van der Waals surface area contributed by atoms with Gasteiger partial charge in [0.25, 0.3) is 5.91 Å². The fourth-order valence-electron chi connectivity index (χ4n) is 18.7. The molecule has 10 N–H and O–H groups in total. The Hall–Kier alpha value is -5.96. The maximum Gasteiger partial charge on any atom is 0.335 e. The smallest absolute Gasteiger partial charge is 0.335 e. The number of hydrogen-bond acceptors (Lipinski definition) is 21. The average molecular weight is 1820 g/mol. The Morgan fingerprint density at radius 2 is 1.04 bits per heavy atom. The maximum atomic E-state index is 14.3. The molecule has 18 atom stereocenters. The van der Waals surface area contributed by atoms with E-state index in [9.17, 15) is 44.7 Å². The van der Waals surface area contributed by atoms with E-state index in [0.717, 1.165) is 60.3 Å². The molecule has 2 radical (unpaired) electrons. The number of ether oxygens (including phenoxy) is 2. The van der Waals surface area contributed by atoms with Crippen molar-refractivity contribution in [2.45, 2.75) is 168 Å². The van der Waals surface area contributed by atoms with Crippen molar-refractivity contribution in [1.82, 2.24) is 35.9 Å². The Morgan fingerprint density at radius 3 is 1.39 bits per heavy atom. The number of carboxylic acid groups (broad SMARTS) is 1. The first kappa shape index (κ1) is 90.9. The quantitative estimate of drug-likeness (QED) is 0.0198. The van der Waals surface area contributed by atoms with Crippen molar-refractivity contribution in [3.05, 3.63) is 140 Å². The number of para-hydroxylation sites is 2. The normalized spacial score (nSPS) is 26.3. The van der Waals surface area contributed by atoms with Crippen LogP contribution in [0.2, 0.25) is 0 Å². The van der Waals surface area contributed by atoms with Crippen LogP contribution in [0.1, 0.15) is 123 Å². The number of fused-ring (bicyclic) bond motifs is 4. The SMILES string of the molecule is CN(C)C[C@@H](N)Cc1cccs1.COc1c(CN2O[C@@H](CO)[C@@H]([C@H](C)O)[C@H]2C(=O)N[C@H]2C[C@H]3C[C@@H]([C@@H]2C)C3(C)C)cccc1-c1cc(C(=O)N[C@@H](Cc2cccs2)CN(C)C)cc(N(C)C)c1.COc1c(CN2O[C@@H](CO)[C@@H]([C@H](C)O)[C@H]2C(=O)N[C@H]2C[C@H]3C[C@@H]([C@@H]2C)C3(C)C)cccc1-c1cc(C(=O)O)cc(N(C)C)c1.[3H][B].[U]. The second-order valence-corrected chi connectivity index (χ2v) is 36.2. The number of hydrogen-bond donors (Lipinski definition) is 9. The van der Waals surface area contributed by atoms with Crippen LogP contribution in [0.5, 0.6) is 11.5 Å². The number of hydroxylamine groups is 4. The summed E-state index contributed by atoms with van der Waals surface area (Å²) >= 11 is 3.47. The van der Waals surface area contributed by atoms with Gasteiger partial charge in [-0.2, -0.15) is 10.1 Å². The molecule has 6 aromatic rings. The van der Waals surface area contributed by atoms with Gasteiger partial charge in [-0.1, -0.05) is 90.1 Å². The summed E-state index contributed by atoms with van der Waals surface area (Å²) in [4.78, 5) is 77.3. The van der Waals surface area contributed by atoms with Crippen LogP contribution in [0.3, 0.4) is 0 Å². The van der Waals surface area contributed by atoms with E-state index in [1.54, 1.807) is 73.0 Å². The Bertz CT molecular complexity index is 4120. The first-order valence-corrected chi connectivity index (χ1v) is 41.0. The fraction of sp³-hybridized carbons (Fsp3) is 0.581. The van der Waals surface area contributed by atoms with Gasteiger partial charge < -0.3 is 76.3 Å². The van der Waals surface area contributed by atoms with Gasteiger partial charge >= 0.3 is 5.97 Å². The number of carbonyl (C=O) groups is 4. The number of aliphatic hydroxyl groups is 4. The number of carbonyl (C=O) groups excluding carboxylic acids is 3. The molecule has 113 heavy (non-hydrogen) atoms. The summed E-state index contributed by atoms with van der Waals surface area (Å²) in [7, 11) is 22.6. The third kappa shape index (κ3) is 21.3. The number of methoxy groups -OCH3 is 2. The van der Waals surface area contributed by atoms with E-state index in [1.165, 1.54) is 22.6 Å². The van der Waals surface area contributed by atoms with E-state index < -0.39 is 54.3 Å². The predicted molar refractivity (Wildman–Crippen MR) is 447 cm³/mol. The molecule has 8 fully saturated rings. The van der Waals surface area contributed by atoms with Crippen LogP contribution in [-0.4, -0.2) is 236 Å². The molecule has 4 heterocycles. The average Bonchev–Trinajstić information content (AvgIpc) is 0.831. The van der Waals surface area contributed by atoms with Crippen LogP contribution in [0, 0.1) is 89.3 Å². The van der Waals surface area contributed by atoms with E-state index in [2.05, 4.69) is 105 Å². The van der Waals surface area contributed by atoms with Gasteiger partial charge in [0.1, 0.15) is 35.8 Å². The summed E-state index contributed by atoms with van der Waals surface area (Å²) in [6.45, 7) is 18.3. The number of likely N-dealkylation sites (N-methyl/N-ethyl adjacent to an activating group) is 2. The minimum atomic E-state index is -1.03. The van der Waals surface area contributed by atoms with Crippen molar-refractivity contribution >= 4 is 66.1 Å². The van der Waals surface area contributed by atoms with E-state index in [-0.39, 0.29) is 116 Å². The predicted octanol–water partition coefficient (Wildman–Crippen LogP) is 9.37. The molecule has 0 unspecified atom stereocenters. The first-order valence-electron chi connectivity index (χ1n) is 39.8. The number of aliphatic hydroxyl groups excluding tert-OH is 4. The molecule has 23 nitrogen and oxygen atoms in total. The Labute approximate surface area is 705 Å². The summed E-state index contributed by atoms with van der Waals surface area (Å²) in [5.74, 6) is 1.13. The number of amides is 3. The molecule has 6 aliphatic carbocycles. The number of nitrogens with one attached hydrogen (secondary N) is 3. The Balaban J connectivity index is 0.000000246. The molecule has 4 bridgehead atoms. The van der Waals surface area contributed by atoms with E-state index in [0.29, 0.717) is 75.8 Å². The van der Waals surface area contributed by atoms with E-state index >= 15 is 0 Å². The number of benzene rings is 4. The van der Waals surface area contributed by atoms with Crippen LogP contribution in [0.25, 0.3) is 22.3 Å². The van der Waals surface area contributed by atoms with Gasteiger partial charge in [-0.3, -0.25) is 24.1 Å². The molecule has 14 rings (SSSR count). The molecule has 616 valence electrons. The van der Waals surface area contributed by atoms with Gasteiger partial charge in [0, 0.05) is 172 Å². The molecule has 2 aliphatic heterocycles. The standard InChI is InChI=1S/C43H61N5O6S.C34H47N3O7.C9H16N2S.BH.U/c1-25-35-19-30(43(35,3)4)20-36(25)45-42(52)39-38(26(2)50)37(24-49)54-48(39)22-27-12-10-14-34(40(27)53-9)28-16-29(18-32(17-28)47(7)8)41(51)44-31(23-46(5)6)21-33-13-11-15-55-33;1-18-26-14-23(34(26,3)4)15-27(18)35-32(40)30-29(19(2)39)28(17-38)44-37(30)16-20-9-8-10-25(31(20)43-7)21-11-22(33(41)42)13-24(12-21)36(5)6;1-11(2)7-8(10)6-9-4-3-5-12-9;;/h10-18,25-26,30-31,35-39,49-50H,19-24H2,1-9H3,(H,44,51)(H,45,52);8-13,18-19,23,26-30,38-39H,14-17H2,1-7H3,(H,35,40)(H,41,42);3-5,8H,6-7,10H2,1-2H3;1H;/t25-,26-,30+,31-,35-,36-,37-,38+,39-;18-,19-,23+,26-,27-,28-,29+,30-;8-;;/m000../s1/i;;;1T;. The van der Waals surface area contributed by atoms with E-state index in [4.69, 9.17) is 26.2 Å². The van der Waals surface area contributed by atoms with Crippen LogP contribution < -0.4 is 41.0 Å². The van der Waals surface area contributed by atoms with Gasteiger partial charge in [-0.15, -0.1) is 22.7 Å². The van der Waals surface area contributed by atoms with Gasteiger partial charge in [-0.05, 0) is 192 Å². The minimum Gasteiger partial charge on any atom is -0.496 e. The fourth-order valence-corrected chi connectivity index (χ4v) is 20.3. The van der Waals surface area contributed by atoms with Crippen molar-refractivity contribution in [3.8, 4) is 33.8 Å². The van der Waals surface area contributed by atoms with Gasteiger partial charge in [0.2, 0.25) is 11.8 Å². The van der Waals surface area contributed by atoms with Crippen LogP contribution >= 0.6 is 22.7 Å². The van der Waals surface area contributed by atoms with Crippen LogP contribution in [0.4, 0.5) is 11.4 Å². The van der Waals surface area contributed by atoms with Crippen molar-refractivity contribution in [2.75, 3.05) is 107 Å². The molecule has 6 saturated carbocycles. The zero-order valence-electron chi connectivity index (χ0n) is 70.4. The molecule has 2 saturated heterocycles. The maximum absolute atomic E-state index is 14.3. The topological polar surface area (TPSA) is 288 Å². The van der Waals surface area contributed by atoms with Crippen LogP contribution in [-0.2, 0) is 45.2 Å². The van der Waals surface area contributed by atoms with Crippen molar-refractivity contribution in [2.24, 2.45) is 63.9 Å². The number of thiophene rings is 2. The summed E-state index contributed by atoms with van der Waals surface area (Å²) < 4.78 is 17.2. The summed E-state index contributed by atoms with van der Waals surface area (Å²) in [5.41, 5.74) is 13.2. The second kappa shape index (κ2) is 40.0. The zero-order valence-corrected chi connectivity index (χ0v) is 75.2. The van der Waals surface area contributed by atoms with Crippen LogP contribution in [0.15, 0.2) is 108 Å².